The number of fused-ring (bicyclic) bond motifs is 1. The topological polar surface area (TPSA) is 69.1 Å². The number of thioether (sulfide) groups is 1. The first-order valence-electron chi connectivity index (χ1n) is 3.50. The summed E-state index contributed by atoms with van der Waals surface area (Å²) in [6, 6.07) is 0. The molecular weight excluding hydrogens is 176 g/mol. The first-order chi connectivity index (χ1) is 5.81. The molecule has 0 radical (unpaired) electrons. The SMILES string of the molecule is [N-]=[N+]=NC1=CN2C(=O)C[C@@H]2SC1. The van der Waals surface area contributed by atoms with Crippen LogP contribution in [-0.4, -0.2) is 21.9 Å². The predicted molar refractivity (Wildman–Crippen MR) is 44.9 cm³/mol. The monoisotopic (exact) mass is 182 g/mol. The number of hydrogen-bond acceptors (Lipinski definition) is 3. The molecule has 6 heteroatoms. The van der Waals surface area contributed by atoms with Gasteiger partial charge in [-0.3, -0.25) is 4.79 Å². The van der Waals surface area contributed by atoms with Crippen molar-refractivity contribution < 1.29 is 4.79 Å². The summed E-state index contributed by atoms with van der Waals surface area (Å²) in [5.74, 6) is 0.816. The Morgan fingerprint density at radius 3 is 3.33 bits per heavy atom. The largest absolute Gasteiger partial charge is 0.306 e. The van der Waals surface area contributed by atoms with Gasteiger partial charge in [-0.15, -0.1) is 11.8 Å². The molecule has 0 aliphatic carbocycles. The van der Waals surface area contributed by atoms with Crippen LogP contribution in [0, 0.1) is 0 Å². The molecule has 2 aliphatic rings. The van der Waals surface area contributed by atoms with Crippen LogP contribution in [0.3, 0.4) is 0 Å². The Morgan fingerprint density at radius 1 is 1.83 bits per heavy atom. The van der Waals surface area contributed by atoms with Gasteiger partial charge in [0.1, 0.15) is 0 Å². The van der Waals surface area contributed by atoms with Crippen LogP contribution in [0.5, 0.6) is 0 Å². The van der Waals surface area contributed by atoms with Crippen LogP contribution in [0.25, 0.3) is 10.4 Å². The molecule has 0 spiro atoms. The number of carbonyl (C=O) groups excluding carboxylic acids is 1. The zero-order valence-corrected chi connectivity index (χ0v) is 6.99. The van der Waals surface area contributed by atoms with Crippen molar-refractivity contribution in [1.82, 2.24) is 4.90 Å². The van der Waals surface area contributed by atoms with Crippen molar-refractivity contribution in [3.05, 3.63) is 22.3 Å². The fraction of sp³-hybridized carbons (Fsp3) is 0.500. The van der Waals surface area contributed by atoms with E-state index in [0.29, 0.717) is 17.9 Å². The third-order valence-electron chi connectivity index (χ3n) is 1.83. The summed E-state index contributed by atoms with van der Waals surface area (Å²) in [6.07, 6.45) is 2.26. The van der Waals surface area contributed by atoms with Gasteiger partial charge in [0.2, 0.25) is 5.91 Å². The first kappa shape index (κ1) is 7.52. The number of β-lactam (4-membered cyclic amide) rings is 1. The van der Waals surface area contributed by atoms with Gasteiger partial charge in [0.15, 0.2) is 0 Å². The van der Waals surface area contributed by atoms with Crippen molar-refractivity contribution in [2.75, 3.05) is 5.75 Å². The predicted octanol–water partition coefficient (Wildman–Crippen LogP) is 1.44. The number of azide groups is 1. The van der Waals surface area contributed by atoms with Gasteiger partial charge in [-0.25, -0.2) is 0 Å². The Hall–Kier alpha value is -1.13. The summed E-state index contributed by atoms with van der Waals surface area (Å²) in [6.45, 7) is 0. The third-order valence-corrected chi connectivity index (χ3v) is 3.07. The quantitative estimate of drug-likeness (QED) is 0.266. The van der Waals surface area contributed by atoms with E-state index in [1.807, 2.05) is 0 Å². The maximum absolute atomic E-state index is 10.9. The van der Waals surface area contributed by atoms with Crippen LogP contribution < -0.4 is 0 Å². The summed E-state index contributed by atoms with van der Waals surface area (Å²) in [5, 5.41) is 3.75. The van der Waals surface area contributed by atoms with E-state index in [1.165, 1.54) is 0 Å². The molecule has 2 rings (SSSR count). The zero-order chi connectivity index (χ0) is 8.55. The Balaban J connectivity index is 2.18. The van der Waals surface area contributed by atoms with Crippen LogP contribution in [0.4, 0.5) is 0 Å². The van der Waals surface area contributed by atoms with E-state index in [-0.39, 0.29) is 11.3 Å². The number of hydrogen-bond donors (Lipinski definition) is 0. The lowest BCUT2D eigenvalue weighted by atomic mass is 10.2. The molecule has 1 saturated heterocycles. The molecule has 0 N–H and O–H groups in total. The van der Waals surface area contributed by atoms with E-state index in [0.717, 1.165) is 0 Å². The average Bonchev–Trinajstić information content (AvgIpc) is 2.07. The molecule has 0 saturated carbocycles. The Morgan fingerprint density at radius 2 is 2.67 bits per heavy atom. The highest BCUT2D eigenvalue weighted by Crippen LogP contribution is 2.35. The number of rotatable bonds is 1. The number of nitrogens with zero attached hydrogens (tertiary/aromatic N) is 4. The van der Waals surface area contributed by atoms with E-state index < -0.39 is 0 Å². The average molecular weight is 182 g/mol. The lowest BCUT2D eigenvalue weighted by molar-refractivity contribution is -0.137. The second-order valence-corrected chi connectivity index (χ2v) is 3.75. The maximum Gasteiger partial charge on any atom is 0.230 e. The second-order valence-electron chi connectivity index (χ2n) is 2.58. The van der Waals surface area contributed by atoms with E-state index in [9.17, 15) is 4.79 Å². The normalized spacial score (nSPS) is 26.7. The molecule has 12 heavy (non-hydrogen) atoms. The smallest absolute Gasteiger partial charge is 0.230 e. The Bertz CT molecular complexity index is 307. The molecule has 0 unspecified atom stereocenters. The molecule has 2 aliphatic heterocycles. The molecular formula is C6H6N4OS. The van der Waals surface area contributed by atoms with Crippen LogP contribution in [-0.2, 0) is 4.79 Å². The maximum atomic E-state index is 10.9. The molecule has 62 valence electrons. The highest BCUT2D eigenvalue weighted by atomic mass is 32.2. The molecule has 1 fully saturated rings. The fourth-order valence-corrected chi connectivity index (χ4v) is 2.28. The van der Waals surface area contributed by atoms with Crippen molar-refractivity contribution in [3.63, 3.8) is 0 Å². The van der Waals surface area contributed by atoms with Gasteiger partial charge in [-0.1, -0.05) is 5.11 Å². The van der Waals surface area contributed by atoms with Crippen molar-refractivity contribution >= 4 is 17.7 Å². The Kier molecular flexibility index (Phi) is 1.71. The van der Waals surface area contributed by atoms with Gasteiger partial charge in [0.05, 0.1) is 11.8 Å². The molecule has 0 aromatic heterocycles. The van der Waals surface area contributed by atoms with Crippen molar-refractivity contribution in [3.8, 4) is 0 Å². The first-order valence-corrected chi connectivity index (χ1v) is 4.54. The van der Waals surface area contributed by atoms with E-state index in [2.05, 4.69) is 10.0 Å². The number of amides is 1. The standard InChI is InChI=1S/C6H6N4OS/c7-9-8-4-2-10-5(11)1-6(10)12-3-4/h2,6H,1,3H2/t6-/m0/s1. The van der Waals surface area contributed by atoms with Gasteiger partial charge in [0, 0.05) is 22.6 Å². The van der Waals surface area contributed by atoms with Gasteiger partial charge in [0.25, 0.3) is 0 Å². The lowest BCUT2D eigenvalue weighted by Gasteiger charge is -2.40. The molecule has 0 aromatic carbocycles. The van der Waals surface area contributed by atoms with Crippen LogP contribution in [0.2, 0.25) is 0 Å². The summed E-state index contributed by atoms with van der Waals surface area (Å²) in [4.78, 5) is 15.2. The Labute approximate surface area is 73.0 Å². The number of carbonyl (C=O) groups is 1. The highest BCUT2D eigenvalue weighted by Gasteiger charge is 2.37. The molecule has 1 amide bonds. The van der Waals surface area contributed by atoms with E-state index in [1.54, 1.807) is 22.9 Å². The minimum Gasteiger partial charge on any atom is -0.306 e. The molecule has 5 nitrogen and oxygen atoms in total. The summed E-state index contributed by atoms with van der Waals surface area (Å²) in [5.41, 5.74) is 8.79. The van der Waals surface area contributed by atoms with E-state index in [4.69, 9.17) is 5.53 Å². The summed E-state index contributed by atoms with van der Waals surface area (Å²) in [7, 11) is 0. The van der Waals surface area contributed by atoms with Crippen molar-refractivity contribution in [1.29, 1.82) is 0 Å². The van der Waals surface area contributed by atoms with Crippen LogP contribution in [0.1, 0.15) is 6.42 Å². The second kappa shape index (κ2) is 2.73. The van der Waals surface area contributed by atoms with Crippen LogP contribution in [0.15, 0.2) is 17.0 Å². The van der Waals surface area contributed by atoms with Gasteiger partial charge < -0.3 is 4.90 Å². The summed E-state index contributed by atoms with van der Waals surface area (Å²) < 4.78 is 0. The van der Waals surface area contributed by atoms with Gasteiger partial charge in [-0.05, 0) is 5.53 Å². The summed E-state index contributed by atoms with van der Waals surface area (Å²) >= 11 is 1.64. The third kappa shape index (κ3) is 1.05. The van der Waals surface area contributed by atoms with Crippen molar-refractivity contribution in [2.24, 2.45) is 5.11 Å². The molecule has 0 aromatic rings. The van der Waals surface area contributed by atoms with Gasteiger partial charge >= 0.3 is 0 Å². The minimum absolute atomic E-state index is 0.109. The zero-order valence-electron chi connectivity index (χ0n) is 6.17. The van der Waals surface area contributed by atoms with Crippen LogP contribution >= 0.6 is 11.8 Å². The minimum atomic E-state index is 0.109. The molecule has 1 atom stereocenters. The highest BCUT2D eigenvalue weighted by molar-refractivity contribution is 8.00. The molecule has 0 bridgehead atoms. The fourth-order valence-electron chi connectivity index (χ4n) is 1.19. The lowest BCUT2D eigenvalue weighted by Crippen LogP contribution is -2.48. The van der Waals surface area contributed by atoms with Crippen molar-refractivity contribution in [2.45, 2.75) is 11.8 Å². The molecule has 2 heterocycles. The van der Waals surface area contributed by atoms with Gasteiger partial charge in [-0.2, -0.15) is 0 Å². The van der Waals surface area contributed by atoms with E-state index >= 15 is 0 Å².